The number of ketones is 1. The lowest BCUT2D eigenvalue weighted by Gasteiger charge is -2.02. The van der Waals surface area contributed by atoms with E-state index in [0.29, 0.717) is 12.2 Å². The Balaban J connectivity index is 1.85. The van der Waals surface area contributed by atoms with E-state index in [4.69, 9.17) is 0 Å². The fourth-order valence-electron chi connectivity index (χ4n) is 1.60. The van der Waals surface area contributed by atoms with Crippen molar-refractivity contribution >= 4 is 33.5 Å². The summed E-state index contributed by atoms with van der Waals surface area (Å²) < 4.78 is 1.04. The molecule has 0 heterocycles. The van der Waals surface area contributed by atoms with Crippen LogP contribution >= 0.6 is 27.7 Å². The molecule has 0 spiro atoms. The summed E-state index contributed by atoms with van der Waals surface area (Å²) in [5, 5.41) is 0. The van der Waals surface area contributed by atoms with E-state index < -0.39 is 0 Å². The molecule has 0 N–H and O–H groups in total. The van der Waals surface area contributed by atoms with Crippen LogP contribution in [0, 0.1) is 0 Å². The molecule has 2 rings (SSSR count). The SMILES string of the molecule is O=C(CSc1cccc(Br)c1)Cc1ccccc1. The first-order valence-electron chi connectivity index (χ1n) is 5.68. The topological polar surface area (TPSA) is 17.1 Å². The predicted molar refractivity (Wildman–Crippen MR) is 80.0 cm³/mol. The highest BCUT2D eigenvalue weighted by Gasteiger charge is 2.04. The summed E-state index contributed by atoms with van der Waals surface area (Å²) in [5.41, 5.74) is 1.08. The molecule has 2 aromatic carbocycles. The van der Waals surface area contributed by atoms with E-state index in [1.165, 1.54) is 0 Å². The number of halogens is 1. The zero-order chi connectivity index (χ0) is 12.8. The molecule has 0 amide bonds. The second-order valence-electron chi connectivity index (χ2n) is 3.95. The van der Waals surface area contributed by atoms with E-state index in [0.717, 1.165) is 14.9 Å². The third-order valence-electron chi connectivity index (χ3n) is 2.44. The minimum Gasteiger partial charge on any atom is -0.298 e. The molecule has 18 heavy (non-hydrogen) atoms. The standard InChI is InChI=1S/C15H13BrOS/c16-13-7-4-8-15(10-13)18-11-14(17)9-12-5-2-1-3-6-12/h1-8,10H,9,11H2. The number of carbonyl (C=O) groups is 1. The van der Waals surface area contributed by atoms with Crippen LogP contribution in [0.1, 0.15) is 5.56 Å². The number of thioether (sulfide) groups is 1. The summed E-state index contributed by atoms with van der Waals surface area (Å²) in [7, 11) is 0. The molecular formula is C15H13BrOS. The molecule has 2 aromatic rings. The normalized spacial score (nSPS) is 10.3. The highest BCUT2D eigenvalue weighted by molar-refractivity contribution is 9.10. The van der Waals surface area contributed by atoms with Crippen LogP contribution in [0.3, 0.4) is 0 Å². The van der Waals surface area contributed by atoms with Crippen molar-refractivity contribution in [3.8, 4) is 0 Å². The van der Waals surface area contributed by atoms with Crippen LogP contribution in [-0.4, -0.2) is 11.5 Å². The molecular weight excluding hydrogens is 308 g/mol. The van der Waals surface area contributed by atoms with Gasteiger partial charge < -0.3 is 0 Å². The first-order chi connectivity index (χ1) is 8.74. The molecule has 92 valence electrons. The number of benzene rings is 2. The van der Waals surface area contributed by atoms with Crippen LogP contribution in [-0.2, 0) is 11.2 Å². The molecule has 0 aliphatic heterocycles. The van der Waals surface area contributed by atoms with E-state index in [9.17, 15) is 4.79 Å². The van der Waals surface area contributed by atoms with E-state index in [1.54, 1.807) is 11.8 Å². The van der Waals surface area contributed by atoms with Gasteiger partial charge in [0.25, 0.3) is 0 Å². The van der Waals surface area contributed by atoms with Crippen molar-refractivity contribution in [2.24, 2.45) is 0 Å². The van der Waals surface area contributed by atoms with Gasteiger partial charge in [-0.3, -0.25) is 4.79 Å². The molecule has 0 atom stereocenters. The highest BCUT2D eigenvalue weighted by Crippen LogP contribution is 2.22. The van der Waals surface area contributed by atoms with Crippen molar-refractivity contribution in [2.75, 3.05) is 5.75 Å². The van der Waals surface area contributed by atoms with Crippen molar-refractivity contribution in [1.29, 1.82) is 0 Å². The van der Waals surface area contributed by atoms with Gasteiger partial charge in [0.05, 0.1) is 5.75 Å². The third kappa shape index (κ3) is 4.31. The second-order valence-corrected chi connectivity index (χ2v) is 5.91. The molecule has 0 fully saturated rings. The van der Waals surface area contributed by atoms with Gasteiger partial charge in [0, 0.05) is 15.8 Å². The summed E-state index contributed by atoms with van der Waals surface area (Å²) >= 11 is 5.01. The maximum absolute atomic E-state index is 11.8. The van der Waals surface area contributed by atoms with Crippen LogP contribution in [0.25, 0.3) is 0 Å². The average Bonchev–Trinajstić information content (AvgIpc) is 2.38. The molecule has 0 aliphatic rings. The Hall–Kier alpha value is -1.06. The number of rotatable bonds is 5. The molecule has 3 heteroatoms. The number of hydrogen-bond acceptors (Lipinski definition) is 2. The van der Waals surface area contributed by atoms with Crippen LogP contribution in [0.5, 0.6) is 0 Å². The molecule has 0 saturated carbocycles. The van der Waals surface area contributed by atoms with E-state index in [-0.39, 0.29) is 5.78 Å². The third-order valence-corrected chi connectivity index (χ3v) is 3.99. The predicted octanol–water partition coefficient (Wildman–Crippen LogP) is 4.35. The maximum atomic E-state index is 11.8. The van der Waals surface area contributed by atoms with Gasteiger partial charge >= 0.3 is 0 Å². The molecule has 0 radical (unpaired) electrons. The molecule has 0 saturated heterocycles. The number of carbonyl (C=O) groups excluding carboxylic acids is 1. The van der Waals surface area contributed by atoms with Crippen LogP contribution in [0.15, 0.2) is 64.0 Å². The first-order valence-corrected chi connectivity index (χ1v) is 7.46. The minimum atomic E-state index is 0.256. The quantitative estimate of drug-likeness (QED) is 0.762. The fraction of sp³-hybridized carbons (Fsp3) is 0.133. The first kappa shape index (κ1) is 13.4. The molecule has 1 nitrogen and oxygen atoms in total. The monoisotopic (exact) mass is 320 g/mol. The van der Waals surface area contributed by atoms with Gasteiger partial charge in [-0.05, 0) is 23.8 Å². The smallest absolute Gasteiger partial charge is 0.147 e. The number of hydrogen-bond donors (Lipinski definition) is 0. The van der Waals surface area contributed by atoms with Crippen molar-refractivity contribution in [1.82, 2.24) is 0 Å². The van der Waals surface area contributed by atoms with Crippen molar-refractivity contribution in [3.63, 3.8) is 0 Å². The zero-order valence-electron chi connectivity index (χ0n) is 9.80. The van der Waals surface area contributed by atoms with Gasteiger partial charge in [0.15, 0.2) is 0 Å². The Bertz CT molecular complexity index is 525. The van der Waals surface area contributed by atoms with Crippen LogP contribution < -0.4 is 0 Å². The van der Waals surface area contributed by atoms with E-state index >= 15 is 0 Å². The summed E-state index contributed by atoms with van der Waals surface area (Å²) in [5.74, 6) is 0.775. The Morgan fingerprint density at radius 2 is 1.83 bits per heavy atom. The Kier molecular flexibility index (Phi) is 5.02. The summed E-state index contributed by atoms with van der Waals surface area (Å²) in [6, 6.07) is 17.9. The zero-order valence-corrected chi connectivity index (χ0v) is 12.2. The van der Waals surface area contributed by atoms with Crippen molar-refractivity contribution in [2.45, 2.75) is 11.3 Å². The average molecular weight is 321 g/mol. The molecule has 0 unspecified atom stereocenters. The van der Waals surface area contributed by atoms with E-state index in [1.807, 2.05) is 54.6 Å². The maximum Gasteiger partial charge on any atom is 0.147 e. The van der Waals surface area contributed by atoms with Gasteiger partial charge in [0.2, 0.25) is 0 Å². The number of Topliss-reactive ketones (excluding diaryl/α,β-unsaturated/α-hetero) is 1. The summed E-state index contributed by atoms with van der Waals surface area (Å²) in [6.07, 6.45) is 0.516. The van der Waals surface area contributed by atoms with Gasteiger partial charge in [0.1, 0.15) is 5.78 Å². The second kappa shape index (κ2) is 6.76. The van der Waals surface area contributed by atoms with E-state index in [2.05, 4.69) is 15.9 Å². The molecule has 0 aromatic heterocycles. The lowest BCUT2D eigenvalue weighted by molar-refractivity contribution is -0.116. The fourth-order valence-corrected chi connectivity index (χ4v) is 2.96. The van der Waals surface area contributed by atoms with Gasteiger partial charge in [-0.15, -0.1) is 11.8 Å². The van der Waals surface area contributed by atoms with Crippen LogP contribution in [0.4, 0.5) is 0 Å². The van der Waals surface area contributed by atoms with Crippen molar-refractivity contribution < 1.29 is 4.79 Å². The lowest BCUT2D eigenvalue weighted by atomic mass is 10.1. The highest BCUT2D eigenvalue weighted by atomic mass is 79.9. The largest absolute Gasteiger partial charge is 0.298 e. The Morgan fingerprint density at radius 3 is 2.56 bits per heavy atom. The lowest BCUT2D eigenvalue weighted by Crippen LogP contribution is -2.05. The van der Waals surface area contributed by atoms with Gasteiger partial charge in [-0.1, -0.05) is 52.3 Å². The van der Waals surface area contributed by atoms with Crippen LogP contribution in [0.2, 0.25) is 0 Å². The van der Waals surface area contributed by atoms with Crippen molar-refractivity contribution in [3.05, 3.63) is 64.6 Å². The van der Waals surface area contributed by atoms with Gasteiger partial charge in [-0.2, -0.15) is 0 Å². The van der Waals surface area contributed by atoms with Gasteiger partial charge in [-0.25, -0.2) is 0 Å². The molecule has 0 bridgehead atoms. The summed E-state index contributed by atoms with van der Waals surface area (Å²) in [4.78, 5) is 13.0. The Morgan fingerprint density at radius 1 is 1.06 bits per heavy atom. The minimum absolute atomic E-state index is 0.256. The summed E-state index contributed by atoms with van der Waals surface area (Å²) in [6.45, 7) is 0. The Labute approximate surface area is 120 Å². The molecule has 0 aliphatic carbocycles.